The molecule has 1 unspecified atom stereocenters. The van der Waals surface area contributed by atoms with Crippen molar-refractivity contribution in [3.8, 4) is 0 Å². The molecule has 2 nitrogen and oxygen atoms in total. The molecule has 0 aromatic carbocycles. The summed E-state index contributed by atoms with van der Waals surface area (Å²) in [6, 6.07) is 0. The largest absolute Gasteiger partial charge is 0.469 e. The van der Waals surface area contributed by atoms with E-state index >= 15 is 0 Å². The van der Waals surface area contributed by atoms with E-state index in [4.69, 9.17) is 0 Å². The number of esters is 1. The molecule has 0 radical (unpaired) electrons. The first-order valence-electron chi connectivity index (χ1n) is 2.58. The second-order valence-corrected chi connectivity index (χ2v) is 2.05. The van der Waals surface area contributed by atoms with Gasteiger partial charge in [0.25, 0.3) is 0 Å². The van der Waals surface area contributed by atoms with Gasteiger partial charge in [-0.2, -0.15) is 0 Å². The van der Waals surface area contributed by atoms with Crippen LogP contribution in [0.3, 0.4) is 0 Å². The predicted molar refractivity (Wildman–Crippen MR) is 35.8 cm³/mol. The van der Waals surface area contributed by atoms with Crippen LogP contribution >= 0.6 is 9.24 Å². The summed E-state index contributed by atoms with van der Waals surface area (Å²) in [6.45, 7) is 0. The quantitative estimate of drug-likeness (QED) is 0.422. The summed E-state index contributed by atoms with van der Waals surface area (Å²) < 4.78 is 4.40. The second kappa shape index (κ2) is 5.04. The average Bonchev–Trinajstić information content (AvgIpc) is 1.83. The highest BCUT2D eigenvalue weighted by Gasteiger charge is 1.95. The van der Waals surface area contributed by atoms with Crippen molar-refractivity contribution >= 4 is 15.2 Å². The van der Waals surface area contributed by atoms with E-state index in [1.165, 1.54) is 7.11 Å². The Morgan fingerprint density at radius 3 is 2.75 bits per heavy atom. The fourth-order valence-corrected chi connectivity index (χ4v) is 0.553. The standard InChI is InChI=1S/C5H11O2P/c1-7-5(6)3-2-4-8/h2-4,8H2,1H3. The molecule has 0 amide bonds. The van der Waals surface area contributed by atoms with Gasteiger partial charge in [0, 0.05) is 6.42 Å². The molecule has 0 bridgehead atoms. The molecule has 0 fully saturated rings. The third-order valence-electron chi connectivity index (χ3n) is 0.813. The van der Waals surface area contributed by atoms with E-state index in [1.54, 1.807) is 0 Å². The fraction of sp³-hybridized carbons (Fsp3) is 0.800. The van der Waals surface area contributed by atoms with Gasteiger partial charge in [0.1, 0.15) is 0 Å². The first-order chi connectivity index (χ1) is 3.81. The molecule has 48 valence electrons. The van der Waals surface area contributed by atoms with Crippen molar-refractivity contribution in [3.63, 3.8) is 0 Å². The summed E-state index contributed by atoms with van der Waals surface area (Å²) in [5.74, 6) is -0.118. The van der Waals surface area contributed by atoms with E-state index in [1.807, 2.05) is 0 Å². The molecule has 0 spiro atoms. The highest BCUT2D eigenvalue weighted by atomic mass is 31.0. The topological polar surface area (TPSA) is 26.3 Å². The summed E-state index contributed by atoms with van der Waals surface area (Å²) in [7, 11) is 3.97. The second-order valence-electron chi connectivity index (χ2n) is 1.47. The molecule has 3 heteroatoms. The van der Waals surface area contributed by atoms with E-state index in [0.717, 1.165) is 12.6 Å². The van der Waals surface area contributed by atoms with Crippen LogP contribution in [0.4, 0.5) is 0 Å². The minimum Gasteiger partial charge on any atom is -0.469 e. The van der Waals surface area contributed by atoms with Crippen LogP contribution in [0.5, 0.6) is 0 Å². The van der Waals surface area contributed by atoms with Crippen LogP contribution < -0.4 is 0 Å². The van der Waals surface area contributed by atoms with Gasteiger partial charge in [-0.15, -0.1) is 9.24 Å². The number of methoxy groups -OCH3 is 1. The van der Waals surface area contributed by atoms with E-state index in [-0.39, 0.29) is 5.97 Å². The number of carbonyl (C=O) groups excluding carboxylic acids is 1. The first kappa shape index (κ1) is 7.90. The molecule has 0 N–H and O–H groups in total. The number of hydrogen-bond donors (Lipinski definition) is 0. The Kier molecular flexibility index (Phi) is 4.98. The molecule has 0 aliphatic carbocycles. The van der Waals surface area contributed by atoms with Crippen LogP contribution in [0.1, 0.15) is 12.8 Å². The Balaban J connectivity index is 2.99. The molecule has 0 rings (SSSR count). The minimum atomic E-state index is -0.118. The number of ether oxygens (including phenoxy) is 1. The molecule has 0 heterocycles. The molecule has 0 aliphatic rings. The molecule has 0 saturated carbocycles. The maximum absolute atomic E-state index is 10.3. The monoisotopic (exact) mass is 134 g/mol. The van der Waals surface area contributed by atoms with Gasteiger partial charge in [-0.05, 0) is 12.6 Å². The van der Waals surface area contributed by atoms with Gasteiger partial charge in [-0.3, -0.25) is 4.79 Å². The van der Waals surface area contributed by atoms with Crippen LogP contribution in [0.25, 0.3) is 0 Å². The normalized spacial score (nSPS) is 8.75. The smallest absolute Gasteiger partial charge is 0.305 e. The molecule has 0 aliphatic heterocycles. The van der Waals surface area contributed by atoms with Gasteiger partial charge >= 0.3 is 5.97 Å². The van der Waals surface area contributed by atoms with Crippen LogP contribution in [-0.2, 0) is 9.53 Å². The van der Waals surface area contributed by atoms with Crippen molar-refractivity contribution in [2.45, 2.75) is 12.8 Å². The van der Waals surface area contributed by atoms with E-state index < -0.39 is 0 Å². The van der Waals surface area contributed by atoms with Gasteiger partial charge in [0.05, 0.1) is 7.11 Å². The summed E-state index contributed by atoms with van der Waals surface area (Å²) in [4.78, 5) is 10.3. The van der Waals surface area contributed by atoms with Crippen molar-refractivity contribution in [3.05, 3.63) is 0 Å². The van der Waals surface area contributed by atoms with Gasteiger partial charge in [0.2, 0.25) is 0 Å². The zero-order valence-electron chi connectivity index (χ0n) is 5.02. The molecule has 1 atom stereocenters. The molecule has 0 aromatic rings. The van der Waals surface area contributed by atoms with Crippen molar-refractivity contribution < 1.29 is 9.53 Å². The fourth-order valence-electron chi connectivity index (χ4n) is 0.348. The molecular weight excluding hydrogens is 123 g/mol. The lowest BCUT2D eigenvalue weighted by Gasteiger charge is -1.93. The van der Waals surface area contributed by atoms with E-state index in [2.05, 4.69) is 14.0 Å². The van der Waals surface area contributed by atoms with Crippen molar-refractivity contribution in [1.82, 2.24) is 0 Å². The summed E-state index contributed by atoms with van der Waals surface area (Å²) >= 11 is 0. The van der Waals surface area contributed by atoms with Crippen molar-refractivity contribution in [2.24, 2.45) is 0 Å². The molecular formula is C5H11O2P. The molecule has 0 saturated heterocycles. The van der Waals surface area contributed by atoms with Crippen LogP contribution in [0, 0.1) is 0 Å². The lowest BCUT2D eigenvalue weighted by Crippen LogP contribution is -1.99. The number of carbonyl (C=O) groups is 1. The lowest BCUT2D eigenvalue weighted by molar-refractivity contribution is -0.140. The number of hydrogen-bond acceptors (Lipinski definition) is 2. The van der Waals surface area contributed by atoms with Crippen molar-refractivity contribution in [1.29, 1.82) is 0 Å². The van der Waals surface area contributed by atoms with Gasteiger partial charge in [-0.1, -0.05) is 0 Å². The van der Waals surface area contributed by atoms with Crippen LogP contribution in [-0.4, -0.2) is 19.2 Å². The summed E-state index contributed by atoms with van der Waals surface area (Å²) in [5, 5.41) is 0. The number of rotatable bonds is 3. The maximum atomic E-state index is 10.3. The Labute approximate surface area is 51.8 Å². The van der Waals surface area contributed by atoms with Crippen molar-refractivity contribution in [2.75, 3.05) is 13.3 Å². The Morgan fingerprint density at radius 2 is 2.38 bits per heavy atom. The zero-order chi connectivity index (χ0) is 6.41. The SMILES string of the molecule is COC(=O)CCCP. The van der Waals surface area contributed by atoms with Gasteiger partial charge < -0.3 is 4.74 Å². The minimum absolute atomic E-state index is 0.118. The average molecular weight is 134 g/mol. The predicted octanol–water partition coefficient (Wildman–Crippen LogP) is 0.815. The Hall–Kier alpha value is -0.100. The first-order valence-corrected chi connectivity index (χ1v) is 3.39. The van der Waals surface area contributed by atoms with E-state index in [9.17, 15) is 4.79 Å². The third kappa shape index (κ3) is 4.07. The van der Waals surface area contributed by atoms with E-state index in [0.29, 0.717) is 6.42 Å². The zero-order valence-corrected chi connectivity index (χ0v) is 6.17. The van der Waals surface area contributed by atoms with Gasteiger partial charge in [-0.25, -0.2) is 0 Å². The van der Waals surface area contributed by atoms with Gasteiger partial charge in [0.15, 0.2) is 0 Å². The lowest BCUT2D eigenvalue weighted by atomic mass is 10.3. The Bertz CT molecular complexity index is 72.8. The summed E-state index contributed by atoms with van der Waals surface area (Å²) in [6.07, 6.45) is 2.41. The third-order valence-corrected chi connectivity index (χ3v) is 1.22. The highest BCUT2D eigenvalue weighted by Crippen LogP contribution is 1.94. The Morgan fingerprint density at radius 1 is 1.75 bits per heavy atom. The maximum Gasteiger partial charge on any atom is 0.305 e. The van der Waals surface area contributed by atoms with Crippen LogP contribution in [0.2, 0.25) is 0 Å². The molecule has 8 heavy (non-hydrogen) atoms. The highest BCUT2D eigenvalue weighted by molar-refractivity contribution is 7.16. The molecule has 0 aromatic heterocycles. The van der Waals surface area contributed by atoms with Crippen LogP contribution in [0.15, 0.2) is 0 Å². The summed E-state index contributed by atoms with van der Waals surface area (Å²) in [5.41, 5.74) is 0.